The molecule has 0 unspecified atom stereocenters. The van der Waals surface area contributed by atoms with Crippen LogP contribution >= 0.6 is 11.8 Å². The Hall–Kier alpha value is -0.480. The fourth-order valence-electron chi connectivity index (χ4n) is 2.70. The minimum Gasteiger partial charge on any atom is -0.351 e. The molecule has 102 valence electrons. The topological polar surface area (TPSA) is 41.1 Å². The molecule has 0 atom stereocenters. The van der Waals surface area contributed by atoms with Crippen LogP contribution in [0.5, 0.6) is 0 Å². The van der Waals surface area contributed by atoms with E-state index in [1.807, 2.05) is 18.7 Å². The summed E-state index contributed by atoms with van der Waals surface area (Å²) in [6.45, 7) is 4.53. The predicted octanol–water partition coefficient (Wildman–Crippen LogP) is 2.09. The van der Waals surface area contributed by atoms with Crippen LogP contribution in [0, 0.1) is 0 Å². The molecule has 0 spiro atoms. The standard InChI is InChI=1S/C14H24N2OS/c1-11(12-8-15-9-12)13(17)16-10-14(18-2)6-4-3-5-7-14/h15H,3-10H2,1-2H3,(H,16,17). The first-order chi connectivity index (χ1) is 8.67. The molecule has 0 radical (unpaired) electrons. The second kappa shape index (κ2) is 6.11. The van der Waals surface area contributed by atoms with Gasteiger partial charge in [0.1, 0.15) is 0 Å². The number of carbonyl (C=O) groups excluding carboxylic acids is 1. The van der Waals surface area contributed by atoms with Crippen LogP contribution in [0.1, 0.15) is 39.0 Å². The molecule has 1 aliphatic heterocycles. The third kappa shape index (κ3) is 3.09. The zero-order valence-corrected chi connectivity index (χ0v) is 12.3. The summed E-state index contributed by atoms with van der Waals surface area (Å²) in [4.78, 5) is 12.1. The predicted molar refractivity (Wildman–Crippen MR) is 77.9 cm³/mol. The molecule has 4 heteroatoms. The molecule has 2 aliphatic rings. The Morgan fingerprint density at radius 3 is 2.50 bits per heavy atom. The summed E-state index contributed by atoms with van der Waals surface area (Å²) in [5.41, 5.74) is 2.18. The van der Waals surface area contributed by atoms with E-state index in [1.54, 1.807) is 0 Å². The fourth-order valence-corrected chi connectivity index (χ4v) is 3.61. The van der Waals surface area contributed by atoms with E-state index in [0.717, 1.165) is 25.2 Å². The molecule has 2 N–H and O–H groups in total. The zero-order valence-electron chi connectivity index (χ0n) is 11.5. The van der Waals surface area contributed by atoms with Crippen molar-refractivity contribution in [3.05, 3.63) is 11.1 Å². The molecule has 1 aliphatic carbocycles. The van der Waals surface area contributed by atoms with Crippen molar-refractivity contribution in [1.29, 1.82) is 0 Å². The van der Waals surface area contributed by atoms with Gasteiger partial charge in [-0.1, -0.05) is 19.3 Å². The number of amides is 1. The largest absolute Gasteiger partial charge is 0.351 e. The Labute approximate surface area is 114 Å². The highest BCUT2D eigenvalue weighted by atomic mass is 32.2. The number of carbonyl (C=O) groups is 1. The zero-order chi connectivity index (χ0) is 13.0. The van der Waals surface area contributed by atoms with Gasteiger partial charge in [0.25, 0.3) is 0 Å². The average molecular weight is 268 g/mol. The van der Waals surface area contributed by atoms with Crippen LogP contribution < -0.4 is 10.6 Å². The van der Waals surface area contributed by atoms with Crippen molar-refractivity contribution >= 4 is 17.7 Å². The maximum absolute atomic E-state index is 12.1. The van der Waals surface area contributed by atoms with Crippen molar-refractivity contribution in [2.75, 3.05) is 25.9 Å². The van der Waals surface area contributed by atoms with Gasteiger partial charge in [0.2, 0.25) is 5.91 Å². The average Bonchev–Trinajstić information content (AvgIpc) is 2.35. The lowest BCUT2D eigenvalue weighted by Crippen LogP contribution is -2.43. The molecule has 1 saturated carbocycles. The maximum Gasteiger partial charge on any atom is 0.247 e. The minimum atomic E-state index is 0.130. The third-order valence-corrected chi connectivity index (χ3v) is 5.74. The van der Waals surface area contributed by atoms with Gasteiger partial charge in [-0.3, -0.25) is 4.79 Å². The van der Waals surface area contributed by atoms with Crippen molar-refractivity contribution in [1.82, 2.24) is 10.6 Å². The van der Waals surface area contributed by atoms with Gasteiger partial charge in [-0.25, -0.2) is 0 Å². The summed E-state index contributed by atoms with van der Waals surface area (Å²) in [7, 11) is 0. The van der Waals surface area contributed by atoms with Gasteiger partial charge < -0.3 is 10.6 Å². The second-order valence-electron chi connectivity index (χ2n) is 5.46. The van der Waals surface area contributed by atoms with Crippen molar-refractivity contribution < 1.29 is 4.79 Å². The first kappa shape index (κ1) is 13.9. The van der Waals surface area contributed by atoms with Crippen LogP contribution in [0.15, 0.2) is 11.1 Å². The number of rotatable bonds is 4. The summed E-state index contributed by atoms with van der Waals surface area (Å²) < 4.78 is 0.288. The molecule has 0 aromatic heterocycles. The van der Waals surface area contributed by atoms with E-state index in [9.17, 15) is 4.79 Å². The Morgan fingerprint density at radius 2 is 2.00 bits per heavy atom. The molecule has 2 fully saturated rings. The molecule has 1 amide bonds. The first-order valence-electron chi connectivity index (χ1n) is 6.89. The van der Waals surface area contributed by atoms with Crippen LogP contribution in [0.4, 0.5) is 0 Å². The SMILES string of the molecule is CSC1(CNC(=O)C(C)=C2CNC2)CCCCC1. The lowest BCUT2D eigenvalue weighted by atomic mass is 9.88. The van der Waals surface area contributed by atoms with E-state index in [-0.39, 0.29) is 10.7 Å². The fraction of sp³-hybridized carbons (Fsp3) is 0.786. The van der Waals surface area contributed by atoms with Crippen molar-refractivity contribution in [2.24, 2.45) is 0 Å². The molecule has 0 aromatic rings. The van der Waals surface area contributed by atoms with Gasteiger partial charge in [-0.2, -0.15) is 11.8 Å². The molecule has 0 aromatic carbocycles. The number of thioether (sulfide) groups is 1. The second-order valence-corrected chi connectivity index (χ2v) is 6.74. The Kier molecular flexibility index (Phi) is 4.73. The lowest BCUT2D eigenvalue weighted by molar-refractivity contribution is -0.117. The number of hydrogen-bond donors (Lipinski definition) is 2. The summed E-state index contributed by atoms with van der Waals surface area (Å²) >= 11 is 1.93. The molecule has 18 heavy (non-hydrogen) atoms. The van der Waals surface area contributed by atoms with Crippen molar-refractivity contribution in [3.63, 3.8) is 0 Å². The smallest absolute Gasteiger partial charge is 0.247 e. The number of nitrogens with one attached hydrogen (secondary N) is 2. The van der Waals surface area contributed by atoms with Gasteiger partial charge in [0, 0.05) is 30.0 Å². The summed E-state index contributed by atoms with van der Waals surface area (Å²) in [5.74, 6) is 0.130. The summed E-state index contributed by atoms with van der Waals surface area (Å²) in [6.07, 6.45) is 8.63. The van der Waals surface area contributed by atoms with Gasteiger partial charge in [0.05, 0.1) is 0 Å². The van der Waals surface area contributed by atoms with E-state index in [4.69, 9.17) is 0 Å². The molecular formula is C14H24N2OS. The van der Waals surface area contributed by atoms with Gasteiger partial charge in [-0.05, 0) is 31.6 Å². The summed E-state index contributed by atoms with van der Waals surface area (Å²) in [5, 5.41) is 6.33. The molecule has 3 nitrogen and oxygen atoms in total. The van der Waals surface area contributed by atoms with Crippen LogP contribution in [-0.2, 0) is 4.79 Å². The monoisotopic (exact) mass is 268 g/mol. The van der Waals surface area contributed by atoms with Gasteiger partial charge in [0.15, 0.2) is 0 Å². The first-order valence-corrected chi connectivity index (χ1v) is 8.12. The Balaban J connectivity index is 1.87. The van der Waals surface area contributed by atoms with E-state index < -0.39 is 0 Å². The minimum absolute atomic E-state index is 0.130. The van der Waals surface area contributed by atoms with Crippen molar-refractivity contribution in [3.8, 4) is 0 Å². The van der Waals surface area contributed by atoms with E-state index >= 15 is 0 Å². The van der Waals surface area contributed by atoms with E-state index in [0.29, 0.717) is 0 Å². The van der Waals surface area contributed by atoms with Crippen LogP contribution in [0.25, 0.3) is 0 Å². The normalized spacial score (nSPS) is 22.2. The lowest BCUT2D eigenvalue weighted by Gasteiger charge is -2.36. The highest BCUT2D eigenvalue weighted by molar-refractivity contribution is 8.00. The van der Waals surface area contributed by atoms with Gasteiger partial charge >= 0.3 is 0 Å². The summed E-state index contributed by atoms with van der Waals surface area (Å²) in [6, 6.07) is 0. The molecular weight excluding hydrogens is 244 g/mol. The Morgan fingerprint density at radius 1 is 1.33 bits per heavy atom. The number of hydrogen-bond acceptors (Lipinski definition) is 3. The van der Waals surface area contributed by atoms with Crippen molar-refractivity contribution in [2.45, 2.75) is 43.8 Å². The highest BCUT2D eigenvalue weighted by Crippen LogP contribution is 2.37. The highest BCUT2D eigenvalue weighted by Gasteiger charge is 2.31. The van der Waals surface area contributed by atoms with Crippen LogP contribution in [0.2, 0.25) is 0 Å². The van der Waals surface area contributed by atoms with E-state index in [2.05, 4.69) is 16.9 Å². The quantitative estimate of drug-likeness (QED) is 0.767. The third-order valence-electron chi connectivity index (χ3n) is 4.32. The van der Waals surface area contributed by atoms with E-state index in [1.165, 1.54) is 37.7 Å². The van der Waals surface area contributed by atoms with Crippen LogP contribution in [-0.4, -0.2) is 36.5 Å². The molecule has 1 saturated heterocycles. The molecule has 2 rings (SSSR count). The Bertz CT molecular complexity index is 340. The maximum atomic E-state index is 12.1. The molecule has 1 heterocycles. The van der Waals surface area contributed by atoms with Gasteiger partial charge in [-0.15, -0.1) is 0 Å². The van der Waals surface area contributed by atoms with Crippen LogP contribution in [0.3, 0.4) is 0 Å². The molecule has 0 bridgehead atoms.